The fraction of sp³-hybridized carbons (Fsp3) is 0.250. The van der Waals surface area contributed by atoms with Gasteiger partial charge in [-0.1, -0.05) is 17.4 Å². The maximum atomic E-state index is 10.8. The van der Waals surface area contributed by atoms with E-state index in [9.17, 15) is 10.1 Å². The van der Waals surface area contributed by atoms with E-state index in [1.807, 2.05) is 6.92 Å². The predicted octanol–water partition coefficient (Wildman–Crippen LogP) is 3.82. The van der Waals surface area contributed by atoms with Gasteiger partial charge in [-0.3, -0.25) is 10.1 Å². The van der Waals surface area contributed by atoms with Crippen molar-refractivity contribution in [2.75, 3.05) is 11.9 Å². The van der Waals surface area contributed by atoms with Crippen LogP contribution < -0.4 is 10.1 Å². The van der Waals surface area contributed by atoms with Crippen LogP contribution in [0.1, 0.15) is 11.8 Å². The van der Waals surface area contributed by atoms with Gasteiger partial charge >= 0.3 is 0 Å². The second-order valence-electron chi connectivity index (χ2n) is 3.80. The number of thiazole rings is 1. The maximum absolute atomic E-state index is 10.8. The summed E-state index contributed by atoms with van der Waals surface area (Å²) >= 11 is 4.69. The first-order valence-electron chi connectivity index (χ1n) is 5.86. The van der Waals surface area contributed by atoms with Gasteiger partial charge in [0.25, 0.3) is 5.69 Å². The number of rotatable bonds is 6. The molecule has 0 aliphatic rings. The Morgan fingerprint density at radius 3 is 3.05 bits per heavy atom. The van der Waals surface area contributed by atoms with Crippen LogP contribution in [0.5, 0.6) is 5.75 Å². The van der Waals surface area contributed by atoms with Crippen molar-refractivity contribution in [2.45, 2.75) is 13.5 Å². The summed E-state index contributed by atoms with van der Waals surface area (Å²) in [6.45, 7) is 3.13. The highest BCUT2D eigenvalue weighted by atomic mass is 79.9. The first-order valence-corrected chi connectivity index (χ1v) is 7.47. The van der Waals surface area contributed by atoms with Gasteiger partial charge in [-0.25, -0.2) is 4.98 Å². The fourth-order valence-corrected chi connectivity index (χ4v) is 2.82. The molecule has 2 aromatic rings. The third-order valence-electron chi connectivity index (χ3n) is 2.39. The molecule has 1 aromatic heterocycles. The summed E-state index contributed by atoms with van der Waals surface area (Å²) in [4.78, 5) is 15.5. The van der Waals surface area contributed by atoms with Crippen molar-refractivity contribution in [3.05, 3.63) is 43.9 Å². The molecule has 0 atom stereocenters. The summed E-state index contributed by atoms with van der Waals surface area (Å²) in [6, 6.07) is 4.70. The fourth-order valence-electron chi connectivity index (χ4n) is 1.51. The highest BCUT2D eigenvalue weighted by Crippen LogP contribution is 2.34. The Morgan fingerprint density at radius 2 is 2.35 bits per heavy atom. The lowest BCUT2D eigenvalue weighted by atomic mass is 10.3. The molecule has 1 heterocycles. The summed E-state index contributed by atoms with van der Waals surface area (Å²) in [5.41, 5.74) is -0.0138. The Morgan fingerprint density at radius 1 is 1.55 bits per heavy atom. The molecule has 1 aromatic carbocycles. The standard InChI is InChI=1S/C12H12BrN3O3S/c1-2-14-12-15-6-8(20-12)7-19-10-5-3-4-9(11(10)13)16(17)18/h3-6H,2,7H2,1H3,(H,14,15). The van der Waals surface area contributed by atoms with Gasteiger partial charge in [-0.05, 0) is 28.9 Å². The van der Waals surface area contributed by atoms with Crippen molar-refractivity contribution in [1.29, 1.82) is 0 Å². The van der Waals surface area contributed by atoms with Crippen LogP contribution in [0, 0.1) is 10.1 Å². The molecule has 6 nitrogen and oxygen atoms in total. The number of nitrogens with one attached hydrogen (secondary N) is 1. The molecule has 1 N–H and O–H groups in total. The Hall–Kier alpha value is -1.67. The highest BCUT2D eigenvalue weighted by Gasteiger charge is 2.16. The smallest absolute Gasteiger partial charge is 0.287 e. The van der Waals surface area contributed by atoms with Crippen LogP contribution in [-0.2, 0) is 6.61 Å². The van der Waals surface area contributed by atoms with Gasteiger partial charge in [0, 0.05) is 18.8 Å². The molecule has 106 valence electrons. The minimum absolute atomic E-state index is 0.0138. The van der Waals surface area contributed by atoms with E-state index in [4.69, 9.17) is 4.74 Å². The molecule has 8 heteroatoms. The Labute approximate surface area is 128 Å². The van der Waals surface area contributed by atoms with Crippen molar-refractivity contribution < 1.29 is 9.66 Å². The van der Waals surface area contributed by atoms with Crippen LogP contribution in [0.2, 0.25) is 0 Å². The molecular formula is C12H12BrN3O3S. The van der Waals surface area contributed by atoms with Crippen LogP contribution >= 0.6 is 27.3 Å². The number of hydrogen-bond donors (Lipinski definition) is 1. The maximum Gasteiger partial charge on any atom is 0.287 e. The van der Waals surface area contributed by atoms with E-state index in [-0.39, 0.29) is 5.69 Å². The predicted molar refractivity (Wildman–Crippen MR) is 81.4 cm³/mol. The number of ether oxygens (including phenoxy) is 1. The van der Waals surface area contributed by atoms with Crippen molar-refractivity contribution >= 4 is 38.1 Å². The number of aromatic nitrogens is 1. The van der Waals surface area contributed by atoms with Crippen LogP contribution in [0.4, 0.5) is 10.8 Å². The second-order valence-corrected chi connectivity index (χ2v) is 5.71. The molecule has 0 spiro atoms. The molecule has 2 rings (SSSR count). The van der Waals surface area contributed by atoms with Crippen molar-refractivity contribution in [3.63, 3.8) is 0 Å². The lowest BCUT2D eigenvalue weighted by Gasteiger charge is -2.06. The molecular weight excluding hydrogens is 346 g/mol. The normalized spacial score (nSPS) is 10.3. The van der Waals surface area contributed by atoms with E-state index in [1.54, 1.807) is 18.3 Å². The summed E-state index contributed by atoms with van der Waals surface area (Å²) in [7, 11) is 0. The third kappa shape index (κ3) is 3.45. The summed E-state index contributed by atoms with van der Waals surface area (Å²) < 4.78 is 5.94. The monoisotopic (exact) mass is 357 g/mol. The van der Waals surface area contributed by atoms with Crippen LogP contribution in [0.3, 0.4) is 0 Å². The van der Waals surface area contributed by atoms with Crippen molar-refractivity contribution in [3.8, 4) is 5.75 Å². The molecule has 0 radical (unpaired) electrons. The minimum atomic E-state index is -0.451. The topological polar surface area (TPSA) is 77.3 Å². The van der Waals surface area contributed by atoms with E-state index in [0.29, 0.717) is 16.8 Å². The number of halogens is 1. The zero-order valence-electron chi connectivity index (χ0n) is 10.6. The Kier molecular flexibility index (Phi) is 4.91. The zero-order valence-corrected chi connectivity index (χ0v) is 13.0. The number of benzene rings is 1. The van der Waals surface area contributed by atoms with E-state index in [0.717, 1.165) is 16.6 Å². The number of nitro benzene ring substituents is 1. The molecule has 0 fully saturated rings. The van der Waals surface area contributed by atoms with Gasteiger partial charge < -0.3 is 10.1 Å². The van der Waals surface area contributed by atoms with Crippen LogP contribution in [-0.4, -0.2) is 16.5 Å². The van der Waals surface area contributed by atoms with Gasteiger partial charge in [0.15, 0.2) is 5.13 Å². The van der Waals surface area contributed by atoms with E-state index < -0.39 is 4.92 Å². The SMILES string of the molecule is CCNc1ncc(COc2cccc([N+](=O)[O-])c2Br)s1. The molecule has 0 bridgehead atoms. The van der Waals surface area contributed by atoms with Gasteiger partial charge in [-0.15, -0.1) is 0 Å². The molecule has 20 heavy (non-hydrogen) atoms. The van der Waals surface area contributed by atoms with E-state index >= 15 is 0 Å². The largest absolute Gasteiger partial charge is 0.487 e. The second kappa shape index (κ2) is 6.67. The first kappa shape index (κ1) is 14.7. The molecule has 0 unspecified atom stereocenters. The summed E-state index contributed by atoms with van der Waals surface area (Å²) in [5, 5.41) is 14.8. The van der Waals surface area contributed by atoms with E-state index in [2.05, 4.69) is 26.2 Å². The molecule has 0 amide bonds. The summed E-state index contributed by atoms with van der Waals surface area (Å²) in [6.07, 6.45) is 1.73. The van der Waals surface area contributed by atoms with Gasteiger partial charge in [0.2, 0.25) is 0 Å². The molecule has 0 aliphatic carbocycles. The lowest BCUT2D eigenvalue weighted by molar-refractivity contribution is -0.385. The molecule has 0 saturated heterocycles. The van der Waals surface area contributed by atoms with Crippen LogP contribution in [0.25, 0.3) is 0 Å². The third-order valence-corrected chi connectivity index (χ3v) is 4.12. The summed E-state index contributed by atoms with van der Waals surface area (Å²) in [5.74, 6) is 0.442. The zero-order chi connectivity index (χ0) is 14.5. The molecule has 0 aliphatic heterocycles. The molecule has 0 saturated carbocycles. The minimum Gasteiger partial charge on any atom is -0.487 e. The number of hydrogen-bond acceptors (Lipinski definition) is 6. The van der Waals surface area contributed by atoms with Crippen molar-refractivity contribution in [1.82, 2.24) is 4.98 Å². The highest BCUT2D eigenvalue weighted by molar-refractivity contribution is 9.10. The van der Waals surface area contributed by atoms with Gasteiger partial charge in [0.1, 0.15) is 16.8 Å². The van der Waals surface area contributed by atoms with Gasteiger partial charge in [0.05, 0.1) is 9.80 Å². The Bertz CT molecular complexity index is 618. The quantitative estimate of drug-likeness (QED) is 0.627. The number of nitrogens with zero attached hydrogens (tertiary/aromatic N) is 2. The number of nitro groups is 1. The first-order chi connectivity index (χ1) is 9.61. The average molecular weight is 358 g/mol. The van der Waals surface area contributed by atoms with Gasteiger partial charge in [-0.2, -0.15) is 0 Å². The lowest BCUT2D eigenvalue weighted by Crippen LogP contribution is -1.96. The average Bonchev–Trinajstić information content (AvgIpc) is 2.85. The van der Waals surface area contributed by atoms with Crippen molar-refractivity contribution in [2.24, 2.45) is 0 Å². The van der Waals surface area contributed by atoms with E-state index in [1.165, 1.54) is 17.4 Å². The van der Waals surface area contributed by atoms with Crippen LogP contribution in [0.15, 0.2) is 28.9 Å². The Balaban J connectivity index is 2.06. The number of anilines is 1.